The lowest BCUT2D eigenvalue weighted by molar-refractivity contribution is -0.139. The highest BCUT2D eigenvalue weighted by atomic mass is 32.2. The lowest BCUT2D eigenvalue weighted by Crippen LogP contribution is -2.41. The summed E-state index contributed by atoms with van der Waals surface area (Å²) in [6.45, 7) is 0. The average molecular weight is 299 g/mol. The van der Waals surface area contributed by atoms with Gasteiger partial charge in [0, 0.05) is 4.90 Å². The molecule has 19 heavy (non-hydrogen) atoms. The van der Waals surface area contributed by atoms with E-state index in [2.05, 4.69) is 5.32 Å². The molecule has 2 N–H and O–H groups in total. The van der Waals surface area contributed by atoms with Gasteiger partial charge in [-0.3, -0.25) is 4.79 Å². The van der Waals surface area contributed by atoms with Crippen molar-refractivity contribution in [1.82, 2.24) is 5.32 Å². The molecule has 0 unspecified atom stereocenters. The Bertz CT molecular complexity index is 451. The third-order valence-corrected chi connectivity index (χ3v) is 4.01. The minimum atomic E-state index is -0.996. The van der Waals surface area contributed by atoms with Crippen LogP contribution in [0.2, 0.25) is 0 Å². The molecular formula is C13H17NO3S2. The second-order valence-corrected chi connectivity index (χ2v) is 5.68. The van der Waals surface area contributed by atoms with Gasteiger partial charge in [0.25, 0.3) is 5.91 Å². The van der Waals surface area contributed by atoms with Gasteiger partial charge >= 0.3 is 5.97 Å². The topological polar surface area (TPSA) is 66.4 Å². The van der Waals surface area contributed by atoms with Crippen molar-refractivity contribution in [2.45, 2.75) is 17.4 Å². The number of carbonyl (C=O) groups excluding carboxylic acids is 1. The number of carboxylic acid groups (broad SMARTS) is 1. The third-order valence-electron chi connectivity index (χ3n) is 2.57. The predicted molar refractivity (Wildman–Crippen MR) is 80.1 cm³/mol. The number of hydrogen-bond donors (Lipinski definition) is 2. The van der Waals surface area contributed by atoms with E-state index in [0.29, 0.717) is 17.7 Å². The van der Waals surface area contributed by atoms with E-state index in [0.717, 1.165) is 4.90 Å². The summed E-state index contributed by atoms with van der Waals surface area (Å²) in [5.74, 6) is -0.635. The molecule has 0 saturated carbocycles. The van der Waals surface area contributed by atoms with Crippen molar-refractivity contribution >= 4 is 35.4 Å². The van der Waals surface area contributed by atoms with Gasteiger partial charge in [-0.15, -0.1) is 11.8 Å². The monoisotopic (exact) mass is 299 g/mol. The summed E-state index contributed by atoms with van der Waals surface area (Å²) in [4.78, 5) is 24.0. The fourth-order valence-electron chi connectivity index (χ4n) is 1.56. The Labute approximate surface area is 121 Å². The zero-order chi connectivity index (χ0) is 14.3. The van der Waals surface area contributed by atoms with Crippen LogP contribution in [0.4, 0.5) is 0 Å². The highest BCUT2D eigenvalue weighted by Gasteiger charge is 2.21. The maximum absolute atomic E-state index is 12.1. The van der Waals surface area contributed by atoms with E-state index in [4.69, 9.17) is 5.11 Å². The first-order valence-electron chi connectivity index (χ1n) is 5.75. The number of carbonyl (C=O) groups is 2. The molecule has 0 spiro atoms. The minimum absolute atomic E-state index is 0.335. The molecule has 0 fully saturated rings. The molecule has 0 heterocycles. The van der Waals surface area contributed by atoms with Crippen LogP contribution in [0, 0.1) is 0 Å². The smallest absolute Gasteiger partial charge is 0.326 e. The largest absolute Gasteiger partial charge is 0.480 e. The maximum Gasteiger partial charge on any atom is 0.326 e. The molecule has 0 aliphatic carbocycles. The van der Waals surface area contributed by atoms with E-state index in [-0.39, 0.29) is 5.91 Å². The number of amides is 1. The van der Waals surface area contributed by atoms with E-state index < -0.39 is 12.0 Å². The summed E-state index contributed by atoms with van der Waals surface area (Å²) in [5.41, 5.74) is 0.519. The molecule has 1 aromatic rings. The molecule has 0 bridgehead atoms. The highest BCUT2D eigenvalue weighted by molar-refractivity contribution is 7.98. The Hall–Kier alpha value is -1.14. The average Bonchev–Trinajstić information content (AvgIpc) is 2.42. The van der Waals surface area contributed by atoms with E-state index in [1.54, 1.807) is 23.9 Å². The number of carboxylic acids is 1. The second kappa shape index (κ2) is 8.12. The molecule has 0 aromatic heterocycles. The normalized spacial score (nSPS) is 11.9. The summed E-state index contributed by atoms with van der Waals surface area (Å²) in [6.07, 6.45) is 4.21. The molecule has 1 rings (SSSR count). The summed E-state index contributed by atoms with van der Waals surface area (Å²) in [5, 5.41) is 11.7. The van der Waals surface area contributed by atoms with Gasteiger partial charge in [-0.05, 0) is 36.8 Å². The van der Waals surface area contributed by atoms with Crippen molar-refractivity contribution in [2.75, 3.05) is 18.3 Å². The number of aliphatic carboxylic acids is 1. The van der Waals surface area contributed by atoms with E-state index in [1.807, 2.05) is 24.6 Å². The third kappa shape index (κ3) is 4.80. The van der Waals surface area contributed by atoms with Gasteiger partial charge in [0.05, 0.1) is 5.56 Å². The molecule has 1 atom stereocenters. The van der Waals surface area contributed by atoms with Crippen molar-refractivity contribution in [3.8, 4) is 0 Å². The summed E-state index contributed by atoms with van der Waals surface area (Å²) < 4.78 is 0. The van der Waals surface area contributed by atoms with Crippen LogP contribution >= 0.6 is 23.5 Å². The van der Waals surface area contributed by atoms with Gasteiger partial charge in [-0.1, -0.05) is 12.1 Å². The predicted octanol–water partition coefficient (Wildman–Crippen LogP) is 2.34. The van der Waals surface area contributed by atoms with Crippen LogP contribution in [0.3, 0.4) is 0 Å². The zero-order valence-corrected chi connectivity index (χ0v) is 12.5. The van der Waals surface area contributed by atoms with Crippen LogP contribution in [0.25, 0.3) is 0 Å². The molecule has 0 saturated heterocycles. The first kappa shape index (κ1) is 15.9. The molecule has 4 nitrogen and oxygen atoms in total. The van der Waals surface area contributed by atoms with Crippen LogP contribution in [-0.4, -0.2) is 41.3 Å². The minimum Gasteiger partial charge on any atom is -0.480 e. The van der Waals surface area contributed by atoms with Crippen molar-refractivity contribution < 1.29 is 14.7 Å². The second-order valence-electron chi connectivity index (χ2n) is 3.85. The van der Waals surface area contributed by atoms with Gasteiger partial charge in [0.15, 0.2) is 0 Å². The van der Waals surface area contributed by atoms with Crippen LogP contribution in [0.5, 0.6) is 0 Å². The van der Waals surface area contributed by atoms with Crippen molar-refractivity contribution in [2.24, 2.45) is 0 Å². The first-order chi connectivity index (χ1) is 9.10. The van der Waals surface area contributed by atoms with Crippen LogP contribution < -0.4 is 5.32 Å². The van der Waals surface area contributed by atoms with E-state index >= 15 is 0 Å². The number of benzene rings is 1. The molecule has 1 aromatic carbocycles. The SMILES string of the molecule is CSCC[C@H](NC(=O)c1ccccc1SC)C(=O)O. The Morgan fingerprint density at radius 2 is 2.00 bits per heavy atom. The zero-order valence-electron chi connectivity index (χ0n) is 10.9. The summed E-state index contributed by atoms with van der Waals surface area (Å²) in [6, 6.07) is 6.33. The quantitative estimate of drug-likeness (QED) is 0.757. The Kier molecular flexibility index (Phi) is 6.80. The summed E-state index contributed by atoms with van der Waals surface area (Å²) >= 11 is 3.02. The van der Waals surface area contributed by atoms with Gasteiger partial charge < -0.3 is 10.4 Å². The molecule has 104 valence electrons. The Morgan fingerprint density at radius 3 is 2.58 bits per heavy atom. The summed E-state index contributed by atoms with van der Waals surface area (Å²) in [7, 11) is 0. The van der Waals surface area contributed by atoms with E-state index in [9.17, 15) is 9.59 Å². The molecule has 1 amide bonds. The fourth-order valence-corrected chi connectivity index (χ4v) is 2.63. The maximum atomic E-state index is 12.1. The highest BCUT2D eigenvalue weighted by Crippen LogP contribution is 2.19. The number of nitrogens with one attached hydrogen (secondary N) is 1. The van der Waals surface area contributed by atoms with Gasteiger partial charge in [-0.2, -0.15) is 11.8 Å². The lowest BCUT2D eigenvalue weighted by atomic mass is 10.1. The molecule has 0 aliphatic heterocycles. The first-order valence-corrected chi connectivity index (χ1v) is 8.37. The molecule has 6 heteroatoms. The van der Waals surface area contributed by atoms with Crippen molar-refractivity contribution in [1.29, 1.82) is 0 Å². The van der Waals surface area contributed by atoms with Crippen molar-refractivity contribution in [3.05, 3.63) is 29.8 Å². The van der Waals surface area contributed by atoms with Crippen LogP contribution in [0.1, 0.15) is 16.8 Å². The number of thioether (sulfide) groups is 2. The van der Waals surface area contributed by atoms with Gasteiger partial charge in [0.2, 0.25) is 0 Å². The van der Waals surface area contributed by atoms with Crippen LogP contribution in [0.15, 0.2) is 29.2 Å². The molecular weight excluding hydrogens is 282 g/mol. The molecule has 0 aliphatic rings. The van der Waals surface area contributed by atoms with E-state index in [1.165, 1.54) is 11.8 Å². The van der Waals surface area contributed by atoms with Gasteiger partial charge in [0.1, 0.15) is 6.04 Å². The number of rotatable bonds is 7. The Balaban J connectivity index is 2.78. The Morgan fingerprint density at radius 1 is 1.32 bits per heavy atom. The fraction of sp³-hybridized carbons (Fsp3) is 0.385. The molecule has 0 radical (unpaired) electrons. The van der Waals surface area contributed by atoms with Crippen LogP contribution in [-0.2, 0) is 4.79 Å². The standard InChI is InChI=1S/C13H17NO3S2/c1-18-8-7-10(13(16)17)14-12(15)9-5-3-4-6-11(9)19-2/h3-6,10H,7-8H2,1-2H3,(H,14,15)(H,16,17)/t10-/m0/s1. The lowest BCUT2D eigenvalue weighted by Gasteiger charge is -2.15. The van der Waals surface area contributed by atoms with Gasteiger partial charge in [-0.25, -0.2) is 4.79 Å². The van der Waals surface area contributed by atoms with Crippen molar-refractivity contribution in [3.63, 3.8) is 0 Å². The number of hydrogen-bond acceptors (Lipinski definition) is 4.